The summed E-state index contributed by atoms with van der Waals surface area (Å²) in [7, 11) is 0. The molecule has 3 aromatic rings. The van der Waals surface area contributed by atoms with Crippen molar-refractivity contribution in [3.05, 3.63) is 65.3 Å². The van der Waals surface area contributed by atoms with Crippen molar-refractivity contribution in [1.82, 2.24) is 4.98 Å². The largest absolute Gasteiger partial charge is 0.444 e. The van der Waals surface area contributed by atoms with Gasteiger partial charge >= 0.3 is 0 Å². The summed E-state index contributed by atoms with van der Waals surface area (Å²) in [6.45, 7) is 0. The average Bonchev–Trinajstić information content (AvgIpc) is 3.19. The maximum Gasteiger partial charge on any atom is 0.248 e. The molecule has 104 valence electrons. The molecular weight excluding hydrogens is 284 g/mol. The third-order valence-electron chi connectivity index (χ3n) is 2.82. The number of hydrogen-bond donors (Lipinski definition) is 1. The van der Waals surface area contributed by atoms with Crippen LogP contribution >= 0.6 is 11.3 Å². The van der Waals surface area contributed by atoms with Crippen molar-refractivity contribution in [2.24, 2.45) is 0 Å². The molecule has 0 bridgehead atoms. The molecule has 0 aliphatic heterocycles. The second kappa shape index (κ2) is 6.19. The topological polar surface area (TPSA) is 55.1 Å². The van der Waals surface area contributed by atoms with Crippen molar-refractivity contribution < 1.29 is 9.21 Å². The number of carbonyl (C=O) groups is 1. The zero-order valence-electron chi connectivity index (χ0n) is 11.0. The van der Waals surface area contributed by atoms with Crippen LogP contribution in [-0.2, 0) is 4.79 Å². The summed E-state index contributed by atoms with van der Waals surface area (Å²) in [5.41, 5.74) is 2.60. The lowest BCUT2D eigenvalue weighted by Crippen LogP contribution is -2.07. The molecule has 0 aliphatic rings. The lowest BCUT2D eigenvalue weighted by molar-refractivity contribution is -0.111. The van der Waals surface area contributed by atoms with Crippen molar-refractivity contribution in [2.45, 2.75) is 0 Å². The van der Waals surface area contributed by atoms with Gasteiger partial charge in [0.2, 0.25) is 5.91 Å². The van der Waals surface area contributed by atoms with Crippen LogP contribution in [-0.4, -0.2) is 10.9 Å². The molecule has 1 amide bonds. The zero-order chi connectivity index (χ0) is 14.5. The van der Waals surface area contributed by atoms with Crippen LogP contribution in [0, 0.1) is 0 Å². The summed E-state index contributed by atoms with van der Waals surface area (Å²) < 4.78 is 5.24. The summed E-state index contributed by atoms with van der Waals surface area (Å²) in [6, 6.07) is 9.39. The fraction of sp³-hybridized carbons (Fsp3) is 0. The number of benzene rings is 1. The minimum atomic E-state index is -0.170. The van der Waals surface area contributed by atoms with Crippen LogP contribution < -0.4 is 5.32 Å². The van der Waals surface area contributed by atoms with Crippen molar-refractivity contribution in [2.75, 3.05) is 5.32 Å². The Morgan fingerprint density at radius 1 is 1.33 bits per heavy atom. The minimum absolute atomic E-state index is 0.170. The first-order valence-corrected chi connectivity index (χ1v) is 7.26. The SMILES string of the molecule is O=C(/C=C/c1ccsc1)Nc1cccc(-c2cnco2)c1. The number of nitrogens with zero attached hydrogens (tertiary/aromatic N) is 1. The van der Waals surface area contributed by atoms with E-state index < -0.39 is 0 Å². The first-order chi connectivity index (χ1) is 10.3. The van der Waals surface area contributed by atoms with Crippen molar-refractivity contribution >= 4 is 29.0 Å². The Morgan fingerprint density at radius 3 is 3.05 bits per heavy atom. The standard InChI is InChI=1S/C16H12N2O2S/c19-16(5-4-12-6-7-21-10-12)18-14-3-1-2-13(8-14)15-9-17-11-20-15/h1-11H,(H,18,19)/b5-4+. The molecule has 0 radical (unpaired) electrons. The summed E-state index contributed by atoms with van der Waals surface area (Å²) in [5.74, 6) is 0.496. The van der Waals surface area contributed by atoms with Gasteiger partial charge in [0, 0.05) is 17.3 Å². The number of carbonyl (C=O) groups excluding carboxylic acids is 1. The molecule has 21 heavy (non-hydrogen) atoms. The van der Waals surface area contributed by atoms with Crippen LogP contribution in [0.15, 0.2) is 64.2 Å². The molecule has 3 rings (SSSR count). The van der Waals surface area contributed by atoms with Gasteiger partial charge in [-0.1, -0.05) is 12.1 Å². The summed E-state index contributed by atoms with van der Waals surface area (Å²) >= 11 is 1.60. The average molecular weight is 296 g/mol. The molecule has 4 nitrogen and oxygen atoms in total. The number of amides is 1. The van der Waals surface area contributed by atoms with E-state index in [0.717, 1.165) is 11.1 Å². The Labute approximate surface area is 125 Å². The van der Waals surface area contributed by atoms with Gasteiger partial charge in [-0.15, -0.1) is 0 Å². The van der Waals surface area contributed by atoms with Gasteiger partial charge in [-0.25, -0.2) is 4.98 Å². The zero-order valence-corrected chi connectivity index (χ0v) is 11.8. The van der Waals surface area contributed by atoms with Gasteiger partial charge in [0.15, 0.2) is 12.2 Å². The van der Waals surface area contributed by atoms with Gasteiger partial charge in [0.05, 0.1) is 6.20 Å². The normalized spacial score (nSPS) is 10.9. The fourth-order valence-electron chi connectivity index (χ4n) is 1.83. The van der Waals surface area contributed by atoms with Crippen LogP contribution in [0.3, 0.4) is 0 Å². The molecule has 0 atom stereocenters. The van der Waals surface area contributed by atoms with Crippen LogP contribution in [0.25, 0.3) is 17.4 Å². The van der Waals surface area contributed by atoms with Gasteiger partial charge in [-0.2, -0.15) is 11.3 Å². The highest BCUT2D eigenvalue weighted by Crippen LogP contribution is 2.22. The molecule has 0 saturated carbocycles. The van der Waals surface area contributed by atoms with Gasteiger partial charge in [0.1, 0.15) is 0 Å². The molecule has 5 heteroatoms. The Bertz CT molecular complexity index is 746. The molecule has 0 spiro atoms. The highest BCUT2D eigenvalue weighted by atomic mass is 32.1. The van der Waals surface area contributed by atoms with Crippen LogP contribution in [0.1, 0.15) is 5.56 Å². The van der Waals surface area contributed by atoms with Crippen molar-refractivity contribution in [3.63, 3.8) is 0 Å². The summed E-state index contributed by atoms with van der Waals surface area (Å²) in [5, 5.41) is 6.77. The van der Waals surface area contributed by atoms with E-state index in [1.54, 1.807) is 23.6 Å². The third-order valence-corrected chi connectivity index (χ3v) is 3.52. The van der Waals surface area contributed by atoms with Crippen molar-refractivity contribution in [3.8, 4) is 11.3 Å². The number of oxazole rings is 1. The minimum Gasteiger partial charge on any atom is -0.444 e. The van der Waals surface area contributed by atoms with Crippen LogP contribution in [0.4, 0.5) is 5.69 Å². The van der Waals surface area contributed by atoms with E-state index in [4.69, 9.17) is 4.42 Å². The quantitative estimate of drug-likeness (QED) is 0.739. The van der Waals surface area contributed by atoms with Gasteiger partial charge < -0.3 is 9.73 Å². The van der Waals surface area contributed by atoms with E-state index in [1.165, 1.54) is 12.5 Å². The number of thiophene rings is 1. The molecule has 0 aliphatic carbocycles. The molecule has 2 aromatic heterocycles. The number of hydrogen-bond acceptors (Lipinski definition) is 4. The van der Waals surface area contributed by atoms with E-state index in [9.17, 15) is 4.79 Å². The number of rotatable bonds is 4. The molecule has 0 saturated heterocycles. The monoisotopic (exact) mass is 296 g/mol. The molecule has 2 heterocycles. The maximum atomic E-state index is 11.9. The van der Waals surface area contributed by atoms with E-state index in [0.29, 0.717) is 11.4 Å². The highest BCUT2D eigenvalue weighted by Gasteiger charge is 2.03. The number of anilines is 1. The predicted octanol–water partition coefficient (Wildman–Crippen LogP) is 4.06. The predicted molar refractivity (Wildman–Crippen MR) is 83.9 cm³/mol. The summed E-state index contributed by atoms with van der Waals surface area (Å²) in [6.07, 6.45) is 6.32. The Hall–Kier alpha value is -2.66. The van der Waals surface area contributed by atoms with Crippen LogP contribution in [0.5, 0.6) is 0 Å². The molecule has 0 unspecified atom stereocenters. The van der Waals surface area contributed by atoms with E-state index >= 15 is 0 Å². The summed E-state index contributed by atoms with van der Waals surface area (Å²) in [4.78, 5) is 15.8. The third kappa shape index (κ3) is 3.46. The molecule has 1 aromatic carbocycles. The Morgan fingerprint density at radius 2 is 2.29 bits per heavy atom. The second-order valence-corrected chi connectivity index (χ2v) is 5.11. The van der Waals surface area contributed by atoms with Gasteiger partial charge in [0.25, 0.3) is 0 Å². The Balaban J connectivity index is 1.70. The smallest absolute Gasteiger partial charge is 0.248 e. The molecular formula is C16H12N2O2S. The van der Waals surface area contributed by atoms with E-state index in [1.807, 2.05) is 41.1 Å². The van der Waals surface area contributed by atoms with Gasteiger partial charge in [-0.3, -0.25) is 4.79 Å². The Kier molecular flexibility index (Phi) is 3.93. The second-order valence-electron chi connectivity index (χ2n) is 4.33. The lowest BCUT2D eigenvalue weighted by Gasteiger charge is -2.03. The van der Waals surface area contributed by atoms with E-state index in [2.05, 4.69) is 10.3 Å². The van der Waals surface area contributed by atoms with Gasteiger partial charge in [-0.05, 0) is 40.6 Å². The first-order valence-electron chi connectivity index (χ1n) is 6.31. The molecule has 1 N–H and O–H groups in total. The highest BCUT2D eigenvalue weighted by molar-refractivity contribution is 7.08. The van der Waals surface area contributed by atoms with Crippen LogP contribution in [0.2, 0.25) is 0 Å². The molecule has 0 fully saturated rings. The van der Waals surface area contributed by atoms with E-state index in [-0.39, 0.29) is 5.91 Å². The van der Waals surface area contributed by atoms with Crippen molar-refractivity contribution in [1.29, 1.82) is 0 Å². The number of aromatic nitrogens is 1. The first kappa shape index (κ1) is 13.3. The number of nitrogens with one attached hydrogen (secondary N) is 1. The lowest BCUT2D eigenvalue weighted by atomic mass is 10.1. The fourth-order valence-corrected chi connectivity index (χ4v) is 2.46. The maximum absolute atomic E-state index is 11.9.